The zero-order valence-corrected chi connectivity index (χ0v) is 13.8. The Morgan fingerprint density at radius 3 is 3.05 bits per heavy atom. The Hall–Kier alpha value is -1.50. The first-order valence-electron chi connectivity index (χ1n) is 6.62. The summed E-state index contributed by atoms with van der Waals surface area (Å²) in [4.78, 5) is 19.3. The molecular formula is C14H13Cl2N3O2S. The Morgan fingerprint density at radius 2 is 2.27 bits per heavy atom. The molecule has 116 valence electrons. The second-order valence-corrected chi connectivity index (χ2v) is 6.81. The number of fused-ring (bicyclic) bond motifs is 1. The topological polar surface area (TPSA) is 68.5 Å². The number of nitrogens with two attached hydrogens (primary N) is 1. The molecule has 0 atom stereocenters. The summed E-state index contributed by atoms with van der Waals surface area (Å²) in [5, 5.41) is 1.45. The van der Waals surface area contributed by atoms with Gasteiger partial charge in [-0.15, -0.1) is 11.3 Å². The summed E-state index contributed by atoms with van der Waals surface area (Å²) in [5.41, 5.74) is 6.69. The number of ether oxygens (including phenoxy) is 1. The van der Waals surface area contributed by atoms with E-state index in [-0.39, 0.29) is 12.5 Å². The summed E-state index contributed by atoms with van der Waals surface area (Å²) in [5.74, 6) is 0.350. The van der Waals surface area contributed by atoms with Gasteiger partial charge in [-0.3, -0.25) is 4.79 Å². The number of nitrogen functional groups attached to an aromatic ring is 1. The van der Waals surface area contributed by atoms with E-state index in [2.05, 4.69) is 4.98 Å². The van der Waals surface area contributed by atoms with Crippen LogP contribution in [-0.4, -0.2) is 28.9 Å². The van der Waals surface area contributed by atoms with Gasteiger partial charge in [-0.05, 0) is 18.2 Å². The van der Waals surface area contributed by atoms with Crippen LogP contribution in [-0.2, 0) is 17.8 Å². The van der Waals surface area contributed by atoms with Gasteiger partial charge in [-0.1, -0.05) is 23.2 Å². The maximum Gasteiger partial charge on any atom is 0.260 e. The van der Waals surface area contributed by atoms with Crippen molar-refractivity contribution in [2.24, 2.45) is 0 Å². The first-order valence-corrected chi connectivity index (χ1v) is 8.20. The average Bonchev–Trinajstić information content (AvgIpc) is 2.85. The summed E-state index contributed by atoms with van der Waals surface area (Å²) in [7, 11) is 0. The summed E-state index contributed by atoms with van der Waals surface area (Å²) < 4.78 is 5.48. The van der Waals surface area contributed by atoms with E-state index in [4.69, 9.17) is 33.7 Å². The molecule has 2 N–H and O–H groups in total. The Labute approximate surface area is 141 Å². The lowest BCUT2D eigenvalue weighted by molar-refractivity contribution is -0.134. The van der Waals surface area contributed by atoms with Crippen LogP contribution in [0.2, 0.25) is 10.0 Å². The van der Waals surface area contributed by atoms with Crippen LogP contribution in [0.15, 0.2) is 18.2 Å². The second-order valence-electron chi connectivity index (χ2n) is 4.85. The molecule has 0 radical (unpaired) electrons. The fraction of sp³-hybridized carbons (Fsp3) is 0.286. The van der Waals surface area contributed by atoms with Gasteiger partial charge in [-0.2, -0.15) is 0 Å². The number of anilines is 1. The fourth-order valence-corrected chi connectivity index (χ4v) is 3.61. The number of carbonyl (C=O) groups is 1. The number of halogens is 2. The molecule has 0 spiro atoms. The molecule has 0 unspecified atom stereocenters. The predicted octanol–water partition coefficient (Wildman–Crippen LogP) is 3.00. The maximum absolute atomic E-state index is 12.3. The Morgan fingerprint density at radius 1 is 1.45 bits per heavy atom. The summed E-state index contributed by atoms with van der Waals surface area (Å²) in [6, 6.07) is 4.90. The van der Waals surface area contributed by atoms with Gasteiger partial charge in [0.2, 0.25) is 0 Å². The van der Waals surface area contributed by atoms with Crippen LogP contribution in [0.1, 0.15) is 10.6 Å². The van der Waals surface area contributed by atoms with Crippen molar-refractivity contribution in [2.75, 3.05) is 18.9 Å². The molecule has 0 fully saturated rings. The van der Waals surface area contributed by atoms with Gasteiger partial charge in [-0.25, -0.2) is 4.98 Å². The third-order valence-electron chi connectivity index (χ3n) is 3.35. The van der Waals surface area contributed by atoms with E-state index in [1.807, 2.05) is 0 Å². The van der Waals surface area contributed by atoms with Crippen molar-refractivity contribution < 1.29 is 9.53 Å². The lowest BCUT2D eigenvalue weighted by Gasteiger charge is -2.26. The van der Waals surface area contributed by atoms with Crippen LogP contribution in [0.25, 0.3) is 0 Å². The van der Waals surface area contributed by atoms with Gasteiger partial charge in [0.1, 0.15) is 5.75 Å². The number of carbonyl (C=O) groups excluding carboxylic acids is 1. The second kappa shape index (κ2) is 6.32. The molecule has 1 aliphatic rings. The monoisotopic (exact) mass is 357 g/mol. The van der Waals surface area contributed by atoms with Crippen LogP contribution in [0.4, 0.5) is 5.13 Å². The SMILES string of the molecule is Nc1nc2c(s1)CN(C(=O)COc1ccc(Cl)cc1Cl)CC2. The van der Waals surface area contributed by atoms with E-state index in [0.717, 1.165) is 17.0 Å². The third kappa shape index (κ3) is 3.29. The quantitative estimate of drug-likeness (QED) is 0.916. The molecule has 0 saturated heterocycles. The highest BCUT2D eigenvalue weighted by molar-refractivity contribution is 7.15. The number of aromatic nitrogens is 1. The van der Waals surface area contributed by atoms with E-state index >= 15 is 0 Å². The lowest BCUT2D eigenvalue weighted by Crippen LogP contribution is -2.38. The van der Waals surface area contributed by atoms with Crippen LogP contribution < -0.4 is 10.5 Å². The smallest absolute Gasteiger partial charge is 0.260 e. The van der Waals surface area contributed by atoms with Crippen LogP contribution in [0.5, 0.6) is 5.75 Å². The number of thiazole rings is 1. The zero-order chi connectivity index (χ0) is 15.7. The Balaban J connectivity index is 1.61. The molecule has 0 saturated carbocycles. The molecule has 1 amide bonds. The largest absolute Gasteiger partial charge is 0.482 e. The summed E-state index contributed by atoms with van der Waals surface area (Å²) in [6.07, 6.45) is 0.719. The number of amides is 1. The number of rotatable bonds is 3. The first kappa shape index (κ1) is 15.4. The Bertz CT molecular complexity index is 720. The van der Waals surface area contributed by atoms with Gasteiger partial charge in [0.05, 0.1) is 17.3 Å². The zero-order valence-electron chi connectivity index (χ0n) is 11.5. The highest BCUT2D eigenvalue weighted by atomic mass is 35.5. The molecule has 0 aliphatic carbocycles. The van der Waals surface area contributed by atoms with E-state index in [1.54, 1.807) is 23.1 Å². The van der Waals surface area contributed by atoms with Gasteiger partial charge >= 0.3 is 0 Å². The molecule has 0 bridgehead atoms. The van der Waals surface area contributed by atoms with Crippen molar-refractivity contribution in [3.8, 4) is 5.75 Å². The van der Waals surface area contributed by atoms with E-state index < -0.39 is 0 Å². The highest BCUT2D eigenvalue weighted by Crippen LogP contribution is 2.28. The fourth-order valence-electron chi connectivity index (χ4n) is 2.25. The van der Waals surface area contributed by atoms with E-state index in [9.17, 15) is 4.79 Å². The molecule has 5 nitrogen and oxygen atoms in total. The third-order valence-corrected chi connectivity index (χ3v) is 4.79. The van der Waals surface area contributed by atoms with Crippen molar-refractivity contribution in [1.29, 1.82) is 0 Å². The van der Waals surface area contributed by atoms with Crippen LogP contribution >= 0.6 is 34.5 Å². The molecule has 8 heteroatoms. The van der Waals surface area contributed by atoms with Gasteiger partial charge in [0.25, 0.3) is 5.91 Å². The molecule has 2 aromatic rings. The van der Waals surface area contributed by atoms with E-state index in [0.29, 0.717) is 34.0 Å². The molecular weight excluding hydrogens is 345 g/mol. The average molecular weight is 358 g/mol. The minimum Gasteiger partial charge on any atom is -0.482 e. The minimum atomic E-state index is -0.0939. The van der Waals surface area contributed by atoms with Crippen LogP contribution in [0.3, 0.4) is 0 Å². The van der Waals surface area contributed by atoms with Crippen LogP contribution in [0, 0.1) is 0 Å². The van der Waals surface area contributed by atoms with Crippen molar-refractivity contribution in [3.63, 3.8) is 0 Å². The summed E-state index contributed by atoms with van der Waals surface area (Å²) >= 11 is 13.3. The minimum absolute atomic E-state index is 0.0645. The maximum atomic E-state index is 12.3. The molecule has 1 aliphatic heterocycles. The summed E-state index contributed by atoms with van der Waals surface area (Å²) in [6.45, 7) is 1.08. The highest BCUT2D eigenvalue weighted by Gasteiger charge is 2.24. The number of nitrogens with zero attached hydrogens (tertiary/aromatic N) is 2. The van der Waals surface area contributed by atoms with E-state index in [1.165, 1.54) is 11.3 Å². The van der Waals surface area contributed by atoms with Crippen molar-refractivity contribution >= 4 is 45.6 Å². The standard InChI is InChI=1S/C14H13Cl2N3O2S/c15-8-1-2-11(9(16)5-8)21-7-13(20)19-4-3-10-12(6-19)22-14(17)18-10/h1-2,5H,3-4,6-7H2,(H2,17,18). The first-order chi connectivity index (χ1) is 10.5. The number of benzene rings is 1. The Kier molecular flexibility index (Phi) is 4.42. The number of hydrogen-bond donors (Lipinski definition) is 1. The number of hydrogen-bond acceptors (Lipinski definition) is 5. The van der Waals surface area contributed by atoms with Gasteiger partial charge in [0.15, 0.2) is 11.7 Å². The van der Waals surface area contributed by atoms with Gasteiger partial charge in [0, 0.05) is 22.9 Å². The molecule has 1 aromatic carbocycles. The van der Waals surface area contributed by atoms with Crippen molar-refractivity contribution in [2.45, 2.75) is 13.0 Å². The predicted molar refractivity (Wildman–Crippen MR) is 87.6 cm³/mol. The van der Waals surface area contributed by atoms with Crippen molar-refractivity contribution in [1.82, 2.24) is 9.88 Å². The van der Waals surface area contributed by atoms with Gasteiger partial charge < -0.3 is 15.4 Å². The molecule has 3 rings (SSSR count). The molecule has 1 aromatic heterocycles. The molecule has 2 heterocycles. The van der Waals surface area contributed by atoms with Crippen molar-refractivity contribution in [3.05, 3.63) is 38.8 Å². The lowest BCUT2D eigenvalue weighted by atomic mass is 10.2. The normalized spacial score (nSPS) is 13.8. The molecule has 22 heavy (non-hydrogen) atoms.